The van der Waals surface area contributed by atoms with Crippen molar-refractivity contribution in [1.82, 2.24) is 0 Å². The summed E-state index contributed by atoms with van der Waals surface area (Å²) in [6, 6.07) is 0. The van der Waals surface area contributed by atoms with Gasteiger partial charge in [0.1, 0.15) is 0 Å². The summed E-state index contributed by atoms with van der Waals surface area (Å²) in [5.41, 5.74) is 0. The number of esters is 4. The van der Waals surface area contributed by atoms with Gasteiger partial charge in [-0.15, -0.1) is 12.8 Å². The van der Waals surface area contributed by atoms with E-state index in [0.29, 0.717) is 25.4 Å². The van der Waals surface area contributed by atoms with E-state index in [1.54, 1.807) is 36.5 Å². The smallest absolute Gasteiger partial charge is 0.317 e. The first kappa shape index (κ1) is 45.6. The summed E-state index contributed by atoms with van der Waals surface area (Å²) in [4.78, 5) is 41.9. The first-order valence-corrected chi connectivity index (χ1v) is 15.0. The van der Waals surface area contributed by atoms with Gasteiger partial charge in [0.2, 0.25) is 0 Å². The molecule has 3 atom stereocenters. The molecule has 5 aliphatic rings. The number of aliphatic hydroxyl groups excluding tert-OH is 1. The first-order chi connectivity index (χ1) is 22.2. The number of hydrogen-bond acceptors (Lipinski definition) is 7. The van der Waals surface area contributed by atoms with Gasteiger partial charge in [0.05, 0.1) is 24.7 Å². The minimum Gasteiger partial charge on any atom is -0.396 e. The lowest BCUT2D eigenvalue weighted by Gasteiger charge is -2.13. The number of fused-ring (bicyclic) bond motifs is 1. The molecule has 2 aliphatic heterocycles. The van der Waals surface area contributed by atoms with Gasteiger partial charge in [-0.05, 0) is 50.9 Å². The third kappa shape index (κ3) is 26.8. The summed E-state index contributed by atoms with van der Waals surface area (Å²) in [5, 5.41) is 8.66. The van der Waals surface area contributed by atoms with E-state index in [2.05, 4.69) is 98.3 Å². The highest BCUT2D eigenvalue weighted by molar-refractivity contribution is 5.96. The minimum atomic E-state index is -0.398. The van der Waals surface area contributed by atoms with Gasteiger partial charge < -0.3 is 14.6 Å². The SMILES string of the molecule is C#C.C1=CCC=CC1.C=CC=C.C=CC=C.C=CC=C.O=C1CCC(=O)O1.O=C1OC(=O)C2CC=CCC12.OCC1CC=CCC1. The number of terminal acetylenes is 1. The fourth-order valence-electron chi connectivity index (χ4n) is 3.58. The lowest BCUT2D eigenvalue weighted by Crippen LogP contribution is -2.18. The van der Waals surface area contributed by atoms with E-state index in [4.69, 9.17) is 5.11 Å². The standard InChI is InChI=1S/C8H8O3.C7H12O.C6H8.C4H4O3.3C4H6.C2H2/c9-7-5-3-1-2-4-6(5)8(10)11-7;8-6-7-4-2-1-3-5-7;1-2-4-6-5-3-1;5-3-1-2-4(6)7-3;3*1-3-4-2;1-2/h1-2,5-6H,3-4H2;1-2,7-8H,3-6H2;1-2,5-6H,3-4H2;1-2H2;3*3-4H,1-2H2;1-2H. The van der Waals surface area contributed by atoms with Crippen LogP contribution in [0, 0.1) is 30.6 Å². The molecule has 0 saturated carbocycles. The molecule has 2 fully saturated rings. The van der Waals surface area contributed by atoms with Gasteiger partial charge in [-0.3, -0.25) is 19.2 Å². The predicted molar refractivity (Wildman–Crippen MR) is 189 cm³/mol. The third-order valence-corrected chi connectivity index (χ3v) is 6.01. The van der Waals surface area contributed by atoms with Crippen LogP contribution in [0.5, 0.6) is 0 Å². The number of cyclic esters (lactones) is 4. The summed E-state index contributed by atoms with van der Waals surface area (Å²) >= 11 is 0. The lowest BCUT2D eigenvalue weighted by atomic mass is 9.85. The van der Waals surface area contributed by atoms with Crippen LogP contribution in [0.4, 0.5) is 0 Å². The maximum atomic E-state index is 10.9. The summed E-state index contributed by atoms with van der Waals surface area (Å²) in [6.45, 7) is 20.5. The van der Waals surface area contributed by atoms with Crippen molar-refractivity contribution in [2.24, 2.45) is 17.8 Å². The maximum Gasteiger partial charge on any atom is 0.317 e. The van der Waals surface area contributed by atoms with Gasteiger partial charge in [-0.25, -0.2) is 0 Å². The van der Waals surface area contributed by atoms with E-state index < -0.39 is 11.9 Å². The van der Waals surface area contributed by atoms with Crippen molar-refractivity contribution >= 4 is 23.9 Å². The molecule has 7 heteroatoms. The molecule has 7 nitrogen and oxygen atoms in total. The molecule has 0 radical (unpaired) electrons. The van der Waals surface area contributed by atoms with E-state index >= 15 is 0 Å². The van der Waals surface area contributed by atoms with Crippen LogP contribution in [0.15, 0.2) is 125 Å². The quantitative estimate of drug-likeness (QED) is 0.110. The fourth-order valence-corrected chi connectivity index (χ4v) is 3.58. The van der Waals surface area contributed by atoms with Crippen molar-refractivity contribution in [2.45, 2.75) is 57.8 Å². The van der Waals surface area contributed by atoms with Crippen molar-refractivity contribution in [3.05, 3.63) is 125 Å². The molecular formula is C39H52O7. The summed E-state index contributed by atoms with van der Waals surface area (Å²) < 4.78 is 8.57. The van der Waals surface area contributed by atoms with Crippen LogP contribution in [-0.2, 0) is 28.7 Å². The molecule has 46 heavy (non-hydrogen) atoms. The van der Waals surface area contributed by atoms with Crippen LogP contribution in [-0.4, -0.2) is 35.6 Å². The Bertz CT molecular complexity index is 980. The molecule has 0 aromatic carbocycles. The van der Waals surface area contributed by atoms with Crippen LogP contribution < -0.4 is 0 Å². The first-order valence-electron chi connectivity index (χ1n) is 15.0. The van der Waals surface area contributed by atoms with Gasteiger partial charge in [0.15, 0.2) is 0 Å². The van der Waals surface area contributed by atoms with Crippen LogP contribution in [0.25, 0.3) is 0 Å². The van der Waals surface area contributed by atoms with Crippen molar-refractivity contribution < 1.29 is 33.8 Å². The normalized spacial score (nSPS) is 20.2. The summed E-state index contributed by atoms with van der Waals surface area (Å²) in [5.74, 6) is -1.30. The second-order valence-corrected chi connectivity index (χ2v) is 9.40. The highest BCUT2D eigenvalue weighted by Gasteiger charge is 2.43. The maximum absolute atomic E-state index is 10.9. The number of hydrogen-bond donors (Lipinski definition) is 1. The molecular weight excluding hydrogens is 580 g/mol. The van der Waals surface area contributed by atoms with Crippen molar-refractivity contribution in [3.8, 4) is 12.8 Å². The summed E-state index contributed by atoms with van der Waals surface area (Å²) in [6.07, 6.45) is 42.3. The Kier molecular flexibility index (Phi) is 34.4. The van der Waals surface area contributed by atoms with E-state index in [0.717, 1.165) is 25.7 Å². The van der Waals surface area contributed by atoms with Crippen molar-refractivity contribution in [3.63, 3.8) is 0 Å². The second kappa shape index (κ2) is 34.7. The molecule has 3 aliphatic carbocycles. The molecule has 250 valence electrons. The predicted octanol–water partition coefficient (Wildman–Crippen LogP) is 8.05. The van der Waals surface area contributed by atoms with E-state index in [9.17, 15) is 19.2 Å². The minimum absolute atomic E-state index is 0.188. The largest absolute Gasteiger partial charge is 0.396 e. The van der Waals surface area contributed by atoms with Crippen LogP contribution in [0.3, 0.4) is 0 Å². The zero-order chi connectivity index (χ0) is 35.4. The second-order valence-electron chi connectivity index (χ2n) is 9.40. The number of aliphatic hydroxyl groups is 1. The van der Waals surface area contributed by atoms with Crippen LogP contribution in [0.1, 0.15) is 57.8 Å². The zero-order valence-corrected chi connectivity index (χ0v) is 27.2. The summed E-state index contributed by atoms with van der Waals surface area (Å²) in [7, 11) is 0. The van der Waals surface area contributed by atoms with Gasteiger partial charge in [0, 0.05) is 6.61 Å². The number of allylic oxidation sites excluding steroid dienone is 14. The van der Waals surface area contributed by atoms with Crippen molar-refractivity contribution in [2.75, 3.05) is 6.61 Å². The van der Waals surface area contributed by atoms with Crippen molar-refractivity contribution in [1.29, 1.82) is 0 Å². The Labute approximate surface area is 276 Å². The molecule has 0 aromatic rings. The Morgan fingerprint density at radius 3 is 1.20 bits per heavy atom. The molecule has 3 unspecified atom stereocenters. The topological polar surface area (TPSA) is 107 Å². The Hall–Kier alpha value is -4.80. The van der Waals surface area contributed by atoms with Gasteiger partial charge in [-0.2, -0.15) is 0 Å². The van der Waals surface area contributed by atoms with E-state index in [1.807, 2.05) is 12.2 Å². The average Bonchev–Trinajstić information content (AvgIpc) is 3.66. The Morgan fingerprint density at radius 1 is 0.609 bits per heavy atom. The molecule has 5 rings (SSSR count). The zero-order valence-electron chi connectivity index (χ0n) is 27.2. The van der Waals surface area contributed by atoms with E-state index in [-0.39, 0.29) is 36.6 Å². The number of rotatable bonds is 4. The molecule has 0 bridgehead atoms. The molecule has 0 aromatic heterocycles. The highest BCUT2D eigenvalue weighted by atomic mass is 16.6. The average molecular weight is 633 g/mol. The van der Waals surface area contributed by atoms with Gasteiger partial charge in [0.25, 0.3) is 0 Å². The van der Waals surface area contributed by atoms with Crippen LogP contribution >= 0.6 is 0 Å². The molecule has 0 spiro atoms. The number of carbonyl (C=O) groups excluding carboxylic acids is 4. The van der Waals surface area contributed by atoms with Gasteiger partial charge >= 0.3 is 23.9 Å². The molecule has 1 N–H and O–H groups in total. The monoisotopic (exact) mass is 632 g/mol. The number of carbonyl (C=O) groups is 4. The molecule has 2 saturated heterocycles. The number of ether oxygens (including phenoxy) is 2. The molecule has 2 heterocycles. The van der Waals surface area contributed by atoms with E-state index in [1.165, 1.54) is 6.42 Å². The Morgan fingerprint density at radius 2 is 0.978 bits per heavy atom. The lowest BCUT2D eigenvalue weighted by molar-refractivity contribution is -0.154. The Balaban J connectivity index is -0.000000482. The third-order valence-electron chi connectivity index (χ3n) is 6.01. The van der Waals surface area contributed by atoms with Crippen LogP contribution in [0.2, 0.25) is 0 Å². The fraction of sp³-hybridized carbons (Fsp3) is 0.333. The molecule has 0 amide bonds. The van der Waals surface area contributed by atoms with Gasteiger partial charge in [-0.1, -0.05) is 125 Å². The highest BCUT2D eigenvalue weighted by Crippen LogP contribution is 2.32.